The first kappa shape index (κ1) is 12.2. The minimum absolute atomic E-state index is 0.448. The van der Waals surface area contributed by atoms with Gasteiger partial charge in [0.2, 0.25) is 0 Å². The number of benzene rings is 1. The zero-order valence-corrected chi connectivity index (χ0v) is 10.6. The van der Waals surface area contributed by atoms with Crippen molar-refractivity contribution in [1.29, 1.82) is 0 Å². The van der Waals surface area contributed by atoms with E-state index in [1.165, 1.54) is 7.11 Å². The summed E-state index contributed by atoms with van der Waals surface area (Å²) in [4.78, 5) is 15.1. The molecule has 0 aliphatic carbocycles. The van der Waals surface area contributed by atoms with Crippen LogP contribution in [0, 0.1) is 11.8 Å². The third kappa shape index (κ3) is 1.95. The highest BCUT2D eigenvalue weighted by molar-refractivity contribution is 5.64. The first-order valence-corrected chi connectivity index (χ1v) is 5.51. The number of nitrogens with zero attached hydrogens (tertiary/aromatic N) is 1. The van der Waals surface area contributed by atoms with Gasteiger partial charge in [0, 0.05) is 11.8 Å². The van der Waals surface area contributed by atoms with Crippen LogP contribution in [-0.2, 0) is 0 Å². The minimum Gasteiger partial charge on any atom is -0.496 e. The molecule has 1 N–H and O–H groups in total. The number of hydrogen-bond acceptors (Lipinski definition) is 3. The molecule has 0 saturated carbocycles. The van der Waals surface area contributed by atoms with Crippen molar-refractivity contribution in [1.82, 2.24) is 4.98 Å². The molecule has 18 heavy (non-hydrogen) atoms. The highest BCUT2D eigenvalue weighted by Gasteiger charge is 2.21. The number of rotatable bonds is 3. The Hall–Kier alpha value is -2.30. The zero-order chi connectivity index (χ0) is 13.1. The van der Waals surface area contributed by atoms with Crippen LogP contribution in [-0.4, -0.2) is 19.2 Å². The van der Waals surface area contributed by atoms with Crippen LogP contribution < -0.4 is 13.9 Å². The van der Waals surface area contributed by atoms with Crippen molar-refractivity contribution < 1.29 is 13.9 Å². The lowest BCUT2D eigenvalue weighted by molar-refractivity contribution is -0.491. The maximum Gasteiger partial charge on any atom is 0.296 e. The van der Waals surface area contributed by atoms with E-state index < -0.39 is 0 Å². The van der Waals surface area contributed by atoms with E-state index in [0.717, 1.165) is 9.99 Å². The highest BCUT2D eigenvalue weighted by Crippen LogP contribution is 2.27. The van der Waals surface area contributed by atoms with Crippen molar-refractivity contribution in [3.8, 4) is 22.9 Å². The Morgan fingerprint density at radius 1 is 1.17 bits per heavy atom. The number of para-hydroxylation sites is 1. The lowest BCUT2D eigenvalue weighted by atomic mass is 10.1. The largest absolute Gasteiger partial charge is 0.496 e. The maximum atomic E-state index is 12.2. The van der Waals surface area contributed by atoms with Crippen LogP contribution in [0.3, 0.4) is 0 Å². The van der Waals surface area contributed by atoms with Gasteiger partial charge in [0.05, 0.1) is 30.4 Å². The van der Waals surface area contributed by atoms with Gasteiger partial charge in [0.15, 0.2) is 0 Å². The van der Waals surface area contributed by atoms with Crippen LogP contribution in [0.2, 0.25) is 0 Å². The molecule has 94 valence electrons. The predicted octanol–water partition coefficient (Wildman–Crippen LogP) is 1.92. The number of nitrogens with one attached hydrogen (secondary N) is 1. The summed E-state index contributed by atoms with van der Waals surface area (Å²) in [5.41, 5.74) is 1.70. The molecule has 0 bridgehead atoms. The summed E-state index contributed by atoms with van der Waals surface area (Å²) in [5.74, 6) is 1.10. The van der Waals surface area contributed by atoms with Crippen molar-refractivity contribution >= 4 is 0 Å². The van der Waals surface area contributed by atoms with E-state index in [1.807, 2.05) is 24.3 Å². The Morgan fingerprint density at radius 2 is 1.89 bits per heavy atom. The summed E-state index contributed by atoms with van der Waals surface area (Å²) in [7, 11) is 3.09. The van der Waals surface area contributed by atoms with Crippen molar-refractivity contribution in [3.05, 3.63) is 41.1 Å². The van der Waals surface area contributed by atoms with Crippen LogP contribution >= 0.6 is 0 Å². The number of methoxy groups -OCH3 is 2. The van der Waals surface area contributed by atoms with Gasteiger partial charge in [-0.05, 0) is 12.1 Å². The van der Waals surface area contributed by atoms with E-state index in [0.29, 0.717) is 23.0 Å². The summed E-state index contributed by atoms with van der Waals surface area (Å²) in [6, 6.07) is 7.37. The summed E-state index contributed by atoms with van der Waals surface area (Å²) < 4.78 is 11.1. The fourth-order valence-electron chi connectivity index (χ4n) is 1.82. The van der Waals surface area contributed by atoms with Crippen molar-refractivity contribution in [2.24, 2.45) is 0 Å². The van der Waals surface area contributed by atoms with E-state index in [2.05, 4.69) is 4.98 Å². The highest BCUT2D eigenvalue weighted by atomic mass is 16.5. The number of ether oxygens (including phenoxy) is 2. The SMILES string of the molecule is COc1ccccc1-c1c[nH]c(OC)c(C)[n+]1=O. The Labute approximate surface area is 105 Å². The first-order chi connectivity index (χ1) is 8.69. The van der Waals surface area contributed by atoms with Gasteiger partial charge >= 0.3 is 0 Å². The molecule has 0 spiro atoms. The van der Waals surface area contributed by atoms with E-state index in [4.69, 9.17) is 9.47 Å². The molecule has 5 heteroatoms. The van der Waals surface area contributed by atoms with Crippen LogP contribution in [0.4, 0.5) is 0 Å². The molecule has 2 aromatic rings. The first-order valence-electron chi connectivity index (χ1n) is 5.51. The molecule has 1 aromatic carbocycles. The van der Waals surface area contributed by atoms with Crippen molar-refractivity contribution in [2.45, 2.75) is 6.92 Å². The second-order valence-electron chi connectivity index (χ2n) is 3.79. The Balaban J connectivity index is 2.65. The summed E-state index contributed by atoms with van der Waals surface area (Å²) in [6.07, 6.45) is 1.61. The second-order valence-corrected chi connectivity index (χ2v) is 3.79. The average Bonchev–Trinajstić information content (AvgIpc) is 2.42. The molecule has 0 amide bonds. The number of H-pyrrole nitrogens is 1. The topological polar surface area (TPSA) is 57.2 Å². The monoisotopic (exact) mass is 247 g/mol. The van der Waals surface area contributed by atoms with Gasteiger partial charge in [-0.25, -0.2) is 0 Å². The molecular formula is C13H15N2O3+. The number of hydrogen-bond donors (Lipinski definition) is 1. The lowest BCUT2D eigenvalue weighted by Gasteiger charge is -2.04. The zero-order valence-electron chi connectivity index (χ0n) is 10.6. The quantitative estimate of drug-likeness (QED) is 0.843. The Morgan fingerprint density at radius 3 is 2.56 bits per heavy atom. The third-order valence-corrected chi connectivity index (χ3v) is 2.78. The molecular weight excluding hydrogens is 232 g/mol. The summed E-state index contributed by atoms with van der Waals surface area (Å²) in [5, 5.41) is 0. The average molecular weight is 247 g/mol. The molecule has 2 rings (SSSR count). The van der Waals surface area contributed by atoms with Gasteiger partial charge in [-0.15, -0.1) is 0 Å². The van der Waals surface area contributed by atoms with E-state index in [9.17, 15) is 4.91 Å². The minimum atomic E-state index is 0.448. The van der Waals surface area contributed by atoms with Gasteiger partial charge in [-0.2, -0.15) is 0 Å². The molecule has 0 aliphatic rings. The predicted molar refractivity (Wildman–Crippen MR) is 67.4 cm³/mol. The fraction of sp³-hybridized carbons (Fsp3) is 0.231. The number of aromatic nitrogens is 2. The molecule has 1 heterocycles. The van der Waals surface area contributed by atoms with E-state index >= 15 is 0 Å². The van der Waals surface area contributed by atoms with Crippen LogP contribution in [0.15, 0.2) is 30.5 Å². The smallest absolute Gasteiger partial charge is 0.296 e. The number of aromatic amines is 1. The van der Waals surface area contributed by atoms with E-state index in [-0.39, 0.29) is 0 Å². The van der Waals surface area contributed by atoms with Crippen LogP contribution in [0.5, 0.6) is 11.6 Å². The van der Waals surface area contributed by atoms with Crippen molar-refractivity contribution in [3.63, 3.8) is 0 Å². The third-order valence-electron chi connectivity index (χ3n) is 2.78. The Kier molecular flexibility index (Phi) is 3.32. The molecule has 0 saturated heterocycles. The molecule has 0 unspecified atom stereocenters. The molecule has 0 atom stereocenters. The normalized spacial score (nSPS) is 10.2. The van der Waals surface area contributed by atoms with Gasteiger partial charge in [0.25, 0.3) is 17.3 Å². The fourth-order valence-corrected chi connectivity index (χ4v) is 1.82. The van der Waals surface area contributed by atoms with Crippen molar-refractivity contribution in [2.75, 3.05) is 14.2 Å². The second kappa shape index (κ2) is 4.91. The molecule has 0 radical (unpaired) electrons. The van der Waals surface area contributed by atoms with Gasteiger partial charge in [0.1, 0.15) is 5.75 Å². The van der Waals surface area contributed by atoms with Gasteiger partial charge in [-0.3, -0.25) is 0 Å². The van der Waals surface area contributed by atoms with Gasteiger partial charge in [-0.1, -0.05) is 12.1 Å². The standard InChI is InChI=1S/C13H15N2O3/c1-9-13(18-3)14-8-11(15(9)16)10-6-4-5-7-12(10)17-2/h4-8H,1-3H3,(H,14,16)/q+1. The van der Waals surface area contributed by atoms with Crippen LogP contribution in [0.1, 0.15) is 5.69 Å². The molecule has 0 fully saturated rings. The Bertz CT molecular complexity index is 620. The molecule has 0 aliphatic heterocycles. The van der Waals surface area contributed by atoms with E-state index in [1.54, 1.807) is 20.2 Å². The summed E-state index contributed by atoms with van der Waals surface area (Å²) >= 11 is 0. The maximum absolute atomic E-state index is 12.2. The van der Waals surface area contributed by atoms with Gasteiger partial charge < -0.3 is 14.5 Å². The summed E-state index contributed by atoms with van der Waals surface area (Å²) in [6.45, 7) is 1.70. The molecule has 1 aromatic heterocycles. The molecule has 5 nitrogen and oxygen atoms in total. The lowest BCUT2D eigenvalue weighted by Crippen LogP contribution is -2.23. The van der Waals surface area contributed by atoms with Crippen LogP contribution in [0.25, 0.3) is 11.3 Å².